The molecule has 1 amide bonds. The van der Waals surface area contributed by atoms with E-state index in [9.17, 15) is 9.59 Å². The smallest absolute Gasteiger partial charge is 0.336 e. The summed E-state index contributed by atoms with van der Waals surface area (Å²) in [4.78, 5) is 31.7. The first-order chi connectivity index (χ1) is 15.6. The minimum absolute atomic E-state index is 0.278. The maximum absolute atomic E-state index is 12.9. The lowest BCUT2D eigenvalue weighted by Crippen LogP contribution is -2.52. The fourth-order valence-corrected chi connectivity index (χ4v) is 4.98. The maximum Gasteiger partial charge on any atom is 0.336 e. The van der Waals surface area contributed by atoms with E-state index in [1.54, 1.807) is 12.1 Å². The Morgan fingerprint density at radius 3 is 2.59 bits per heavy atom. The number of amides is 1. The van der Waals surface area contributed by atoms with Crippen LogP contribution in [-0.4, -0.2) is 72.5 Å². The molecule has 0 spiro atoms. The molecular formula is C25H35N3O4. The zero-order chi connectivity index (χ0) is 22.5. The van der Waals surface area contributed by atoms with Gasteiger partial charge in [-0.3, -0.25) is 14.6 Å². The standard InChI is InChI=1S/C25H35N3O4/c1-3-20-7-5-6-10-28(20)24(29)18-27-13-11-26(12-14-27)17-19-15-25(30)32-23-9-8-21(31-4-2)16-22(19)23/h8-9,15-16,20H,3-7,10-14,17-18H2,1-2H3/t20-/m1/s1. The lowest BCUT2D eigenvalue weighted by molar-refractivity contribution is -0.136. The molecule has 0 unspecified atom stereocenters. The first kappa shape index (κ1) is 22.8. The highest BCUT2D eigenvalue weighted by Crippen LogP contribution is 2.25. The Balaban J connectivity index is 1.37. The summed E-state index contributed by atoms with van der Waals surface area (Å²) >= 11 is 0. The van der Waals surface area contributed by atoms with Crippen LogP contribution >= 0.6 is 0 Å². The van der Waals surface area contributed by atoms with Crippen molar-refractivity contribution in [2.24, 2.45) is 0 Å². The molecule has 2 saturated heterocycles. The highest BCUT2D eigenvalue weighted by molar-refractivity contribution is 5.81. The quantitative estimate of drug-likeness (QED) is 0.615. The van der Waals surface area contributed by atoms with Crippen LogP contribution in [0.25, 0.3) is 11.0 Å². The van der Waals surface area contributed by atoms with Gasteiger partial charge in [-0.05, 0) is 56.4 Å². The Hall–Kier alpha value is -2.38. The summed E-state index contributed by atoms with van der Waals surface area (Å²) in [5.74, 6) is 1.06. The van der Waals surface area contributed by atoms with Crippen LogP contribution < -0.4 is 10.4 Å². The van der Waals surface area contributed by atoms with Crippen molar-refractivity contribution in [1.29, 1.82) is 0 Å². The van der Waals surface area contributed by atoms with Crippen LogP contribution in [0.1, 0.15) is 45.1 Å². The number of piperazine rings is 1. The van der Waals surface area contributed by atoms with Crippen LogP contribution in [0.5, 0.6) is 5.75 Å². The van der Waals surface area contributed by atoms with Crippen LogP contribution in [0.4, 0.5) is 0 Å². The third-order valence-electron chi connectivity index (χ3n) is 6.75. The average molecular weight is 442 g/mol. The molecule has 0 N–H and O–H groups in total. The van der Waals surface area contributed by atoms with Gasteiger partial charge in [0.15, 0.2) is 0 Å². The predicted molar refractivity (Wildman–Crippen MR) is 125 cm³/mol. The fourth-order valence-electron chi connectivity index (χ4n) is 4.98. The predicted octanol–water partition coefficient (Wildman–Crippen LogP) is 3.10. The molecule has 174 valence electrons. The highest BCUT2D eigenvalue weighted by Gasteiger charge is 2.27. The minimum Gasteiger partial charge on any atom is -0.494 e. The normalized spacial score (nSPS) is 20.6. The molecule has 1 atom stereocenters. The second kappa shape index (κ2) is 10.5. The topological polar surface area (TPSA) is 66.2 Å². The van der Waals surface area contributed by atoms with Crippen molar-refractivity contribution < 1.29 is 13.9 Å². The molecule has 1 aromatic carbocycles. The second-order valence-electron chi connectivity index (χ2n) is 8.88. The number of benzene rings is 1. The average Bonchev–Trinajstić information content (AvgIpc) is 2.80. The molecule has 1 aromatic heterocycles. The van der Waals surface area contributed by atoms with E-state index in [-0.39, 0.29) is 11.5 Å². The molecular weight excluding hydrogens is 406 g/mol. The Labute approximate surface area is 189 Å². The van der Waals surface area contributed by atoms with Crippen molar-refractivity contribution in [2.45, 2.75) is 52.1 Å². The van der Waals surface area contributed by atoms with E-state index in [0.29, 0.717) is 31.3 Å². The molecule has 3 heterocycles. The third kappa shape index (κ3) is 5.33. The van der Waals surface area contributed by atoms with E-state index in [0.717, 1.165) is 68.7 Å². The monoisotopic (exact) mass is 441 g/mol. The summed E-state index contributed by atoms with van der Waals surface area (Å²) in [7, 11) is 0. The van der Waals surface area contributed by atoms with E-state index < -0.39 is 0 Å². The third-order valence-corrected chi connectivity index (χ3v) is 6.75. The van der Waals surface area contributed by atoms with E-state index in [1.807, 2.05) is 19.1 Å². The fraction of sp³-hybridized carbons (Fsp3) is 0.600. The van der Waals surface area contributed by atoms with Gasteiger partial charge in [-0.15, -0.1) is 0 Å². The van der Waals surface area contributed by atoms with Crippen LogP contribution in [0.3, 0.4) is 0 Å². The zero-order valence-corrected chi connectivity index (χ0v) is 19.3. The second-order valence-corrected chi connectivity index (χ2v) is 8.88. The van der Waals surface area contributed by atoms with Crippen LogP contribution in [0.15, 0.2) is 33.5 Å². The first-order valence-electron chi connectivity index (χ1n) is 12.0. The number of piperidine rings is 1. The van der Waals surface area contributed by atoms with Crippen LogP contribution in [0.2, 0.25) is 0 Å². The van der Waals surface area contributed by atoms with E-state index >= 15 is 0 Å². The maximum atomic E-state index is 12.9. The molecule has 0 bridgehead atoms. The molecule has 2 fully saturated rings. The summed E-state index contributed by atoms with van der Waals surface area (Å²) in [5.41, 5.74) is 1.22. The van der Waals surface area contributed by atoms with Gasteiger partial charge in [0.05, 0.1) is 13.2 Å². The summed E-state index contributed by atoms with van der Waals surface area (Å²) in [6.07, 6.45) is 4.54. The molecule has 7 nitrogen and oxygen atoms in total. The van der Waals surface area contributed by atoms with Gasteiger partial charge < -0.3 is 14.1 Å². The zero-order valence-electron chi connectivity index (χ0n) is 19.3. The Kier molecular flexibility index (Phi) is 7.48. The molecule has 4 rings (SSSR count). The van der Waals surface area contributed by atoms with Gasteiger partial charge in [-0.1, -0.05) is 6.92 Å². The molecule has 0 aliphatic carbocycles. The number of nitrogens with zero attached hydrogens (tertiary/aromatic N) is 3. The molecule has 7 heteroatoms. The summed E-state index contributed by atoms with van der Waals surface area (Å²) in [6, 6.07) is 7.60. The Morgan fingerprint density at radius 2 is 1.84 bits per heavy atom. The lowest BCUT2D eigenvalue weighted by Gasteiger charge is -2.39. The van der Waals surface area contributed by atoms with Crippen molar-refractivity contribution in [1.82, 2.24) is 14.7 Å². The SMILES string of the molecule is CCOc1ccc2oc(=O)cc(CN3CCN(CC(=O)N4CCCC[C@H]4CC)CC3)c2c1. The van der Waals surface area contributed by atoms with E-state index in [2.05, 4.69) is 21.6 Å². The Bertz CT molecular complexity index is 981. The molecule has 2 aliphatic heterocycles. The van der Waals surface area contributed by atoms with Crippen molar-refractivity contribution in [2.75, 3.05) is 45.9 Å². The van der Waals surface area contributed by atoms with Gasteiger partial charge in [0.2, 0.25) is 5.91 Å². The van der Waals surface area contributed by atoms with Crippen molar-refractivity contribution in [3.63, 3.8) is 0 Å². The number of ether oxygens (including phenoxy) is 1. The molecule has 2 aromatic rings. The van der Waals surface area contributed by atoms with E-state index in [1.165, 1.54) is 6.42 Å². The van der Waals surface area contributed by atoms with Crippen molar-refractivity contribution in [3.8, 4) is 5.75 Å². The molecule has 0 saturated carbocycles. The molecule has 32 heavy (non-hydrogen) atoms. The summed E-state index contributed by atoms with van der Waals surface area (Å²) < 4.78 is 11.0. The van der Waals surface area contributed by atoms with Gasteiger partial charge in [0, 0.05) is 56.8 Å². The molecule has 2 aliphatic rings. The largest absolute Gasteiger partial charge is 0.494 e. The number of carbonyl (C=O) groups excluding carboxylic acids is 1. The summed E-state index contributed by atoms with van der Waals surface area (Å²) in [6.45, 7) is 10.3. The van der Waals surface area contributed by atoms with Crippen molar-refractivity contribution in [3.05, 3.63) is 40.2 Å². The number of hydrogen-bond acceptors (Lipinski definition) is 6. The summed E-state index contributed by atoms with van der Waals surface area (Å²) in [5, 5.41) is 0.920. The van der Waals surface area contributed by atoms with Gasteiger partial charge in [0.25, 0.3) is 0 Å². The molecule has 0 radical (unpaired) electrons. The van der Waals surface area contributed by atoms with E-state index in [4.69, 9.17) is 9.15 Å². The van der Waals surface area contributed by atoms with Gasteiger partial charge >= 0.3 is 5.63 Å². The minimum atomic E-state index is -0.326. The number of likely N-dealkylation sites (tertiary alicyclic amines) is 1. The van der Waals surface area contributed by atoms with Crippen LogP contribution in [0, 0.1) is 0 Å². The number of rotatable bonds is 7. The number of hydrogen-bond donors (Lipinski definition) is 0. The van der Waals surface area contributed by atoms with Gasteiger partial charge in [0.1, 0.15) is 11.3 Å². The van der Waals surface area contributed by atoms with Crippen molar-refractivity contribution >= 4 is 16.9 Å². The number of fused-ring (bicyclic) bond motifs is 1. The van der Waals surface area contributed by atoms with Gasteiger partial charge in [-0.25, -0.2) is 4.79 Å². The Morgan fingerprint density at radius 1 is 1.06 bits per heavy atom. The first-order valence-corrected chi connectivity index (χ1v) is 12.0. The van der Waals surface area contributed by atoms with Crippen LogP contribution in [-0.2, 0) is 11.3 Å². The number of carbonyl (C=O) groups is 1. The lowest BCUT2D eigenvalue weighted by atomic mass is 10.00. The van der Waals surface area contributed by atoms with Gasteiger partial charge in [-0.2, -0.15) is 0 Å². The highest BCUT2D eigenvalue weighted by atomic mass is 16.5.